The lowest BCUT2D eigenvalue weighted by atomic mass is 9.73. The summed E-state index contributed by atoms with van der Waals surface area (Å²) in [5.74, 6) is 0.582. The number of hydrogen-bond donors (Lipinski definition) is 2. The largest absolute Gasteiger partial charge is 0.381 e. The van der Waals surface area contributed by atoms with Gasteiger partial charge in [-0.2, -0.15) is 0 Å². The fourth-order valence-corrected chi connectivity index (χ4v) is 4.56. The molecule has 1 saturated heterocycles. The van der Waals surface area contributed by atoms with Crippen molar-refractivity contribution in [1.82, 2.24) is 5.32 Å². The van der Waals surface area contributed by atoms with Crippen molar-refractivity contribution in [3.05, 3.63) is 34.9 Å². The summed E-state index contributed by atoms with van der Waals surface area (Å²) in [5.41, 5.74) is 6.45. The molecule has 1 saturated carbocycles. The van der Waals surface area contributed by atoms with Crippen molar-refractivity contribution in [2.45, 2.75) is 56.4 Å². The minimum atomic E-state index is -0.564. The molecule has 1 heterocycles. The second-order valence-corrected chi connectivity index (χ2v) is 7.86. The molecular weight excluding hydrogens is 336 g/mol. The maximum absolute atomic E-state index is 13.4. The van der Waals surface area contributed by atoms with Crippen molar-refractivity contribution in [3.63, 3.8) is 0 Å². The monoisotopic (exact) mass is 364 g/mol. The smallest absolute Gasteiger partial charge is 0.231 e. The van der Waals surface area contributed by atoms with E-state index in [0.717, 1.165) is 18.4 Å². The van der Waals surface area contributed by atoms with E-state index >= 15 is 0 Å². The SMILES string of the molecule is NCC(NC(=O)C1(c2cccc(Cl)c2)CCOCC1)C1CCCCC1. The number of rotatable bonds is 5. The number of carbonyl (C=O) groups excluding carboxylic acids is 1. The van der Waals surface area contributed by atoms with Crippen LogP contribution in [0.3, 0.4) is 0 Å². The van der Waals surface area contributed by atoms with Crippen molar-refractivity contribution in [3.8, 4) is 0 Å². The van der Waals surface area contributed by atoms with Crippen LogP contribution in [0.2, 0.25) is 5.02 Å². The fraction of sp³-hybridized carbons (Fsp3) is 0.650. The Hall–Kier alpha value is -1.10. The molecule has 0 spiro atoms. The Balaban J connectivity index is 1.81. The van der Waals surface area contributed by atoms with Crippen LogP contribution < -0.4 is 11.1 Å². The van der Waals surface area contributed by atoms with Crippen LogP contribution in [-0.4, -0.2) is 31.7 Å². The van der Waals surface area contributed by atoms with Crippen LogP contribution in [0.25, 0.3) is 0 Å². The zero-order chi connectivity index (χ0) is 17.7. The van der Waals surface area contributed by atoms with Gasteiger partial charge in [0.25, 0.3) is 0 Å². The number of carbonyl (C=O) groups is 1. The predicted octanol–water partition coefficient (Wildman–Crippen LogP) is 3.41. The van der Waals surface area contributed by atoms with Crippen molar-refractivity contribution < 1.29 is 9.53 Å². The van der Waals surface area contributed by atoms with E-state index in [1.807, 2.05) is 24.3 Å². The molecule has 1 aliphatic heterocycles. The molecule has 1 amide bonds. The average Bonchev–Trinajstić information content (AvgIpc) is 2.67. The maximum Gasteiger partial charge on any atom is 0.231 e. The summed E-state index contributed by atoms with van der Waals surface area (Å²) in [4.78, 5) is 13.4. The van der Waals surface area contributed by atoms with Gasteiger partial charge in [-0.25, -0.2) is 0 Å². The minimum Gasteiger partial charge on any atom is -0.381 e. The van der Waals surface area contributed by atoms with Gasteiger partial charge in [-0.1, -0.05) is 43.0 Å². The molecule has 1 unspecified atom stereocenters. The summed E-state index contributed by atoms with van der Waals surface area (Å²) in [6.07, 6.45) is 7.47. The Morgan fingerprint density at radius 1 is 1.28 bits per heavy atom. The number of halogens is 1. The van der Waals surface area contributed by atoms with Gasteiger partial charge < -0.3 is 15.8 Å². The van der Waals surface area contributed by atoms with Crippen LogP contribution in [0.1, 0.15) is 50.5 Å². The van der Waals surface area contributed by atoms with Crippen LogP contribution in [0.15, 0.2) is 24.3 Å². The van der Waals surface area contributed by atoms with Gasteiger partial charge in [0.05, 0.1) is 5.41 Å². The Bertz CT molecular complexity index is 581. The molecule has 0 bridgehead atoms. The normalized spacial score (nSPS) is 22.3. The molecule has 1 aliphatic carbocycles. The highest BCUT2D eigenvalue weighted by Crippen LogP contribution is 2.37. The third-order valence-corrected chi connectivity index (χ3v) is 6.18. The van der Waals surface area contributed by atoms with Crippen molar-refractivity contribution in [2.75, 3.05) is 19.8 Å². The maximum atomic E-state index is 13.4. The number of nitrogens with one attached hydrogen (secondary N) is 1. The lowest BCUT2D eigenvalue weighted by molar-refractivity contribution is -0.131. The summed E-state index contributed by atoms with van der Waals surface area (Å²) in [6, 6.07) is 7.76. The van der Waals surface area contributed by atoms with E-state index in [1.54, 1.807) is 0 Å². The summed E-state index contributed by atoms with van der Waals surface area (Å²) in [5, 5.41) is 3.97. The Morgan fingerprint density at radius 3 is 2.64 bits per heavy atom. The van der Waals surface area contributed by atoms with Crippen molar-refractivity contribution >= 4 is 17.5 Å². The van der Waals surface area contributed by atoms with Crippen LogP contribution >= 0.6 is 11.6 Å². The summed E-state index contributed by atoms with van der Waals surface area (Å²) < 4.78 is 5.54. The van der Waals surface area contributed by atoms with E-state index in [1.165, 1.54) is 19.3 Å². The third kappa shape index (κ3) is 4.18. The molecule has 5 heteroatoms. The van der Waals surface area contributed by atoms with Gasteiger partial charge in [0, 0.05) is 30.8 Å². The van der Waals surface area contributed by atoms with Gasteiger partial charge in [-0.3, -0.25) is 4.79 Å². The van der Waals surface area contributed by atoms with Gasteiger partial charge in [0.1, 0.15) is 0 Å². The number of hydrogen-bond acceptors (Lipinski definition) is 3. The van der Waals surface area contributed by atoms with Gasteiger partial charge in [-0.15, -0.1) is 0 Å². The van der Waals surface area contributed by atoms with Crippen LogP contribution in [0.4, 0.5) is 0 Å². The lowest BCUT2D eigenvalue weighted by Gasteiger charge is -2.39. The lowest BCUT2D eigenvalue weighted by Crippen LogP contribution is -2.54. The van der Waals surface area contributed by atoms with Gasteiger partial charge in [0.15, 0.2) is 0 Å². The van der Waals surface area contributed by atoms with Gasteiger partial charge in [0.2, 0.25) is 5.91 Å². The van der Waals surface area contributed by atoms with Crippen molar-refractivity contribution in [1.29, 1.82) is 0 Å². The highest BCUT2D eigenvalue weighted by atomic mass is 35.5. The van der Waals surface area contributed by atoms with Gasteiger partial charge in [-0.05, 0) is 49.3 Å². The van der Waals surface area contributed by atoms with E-state index in [0.29, 0.717) is 43.5 Å². The highest BCUT2D eigenvalue weighted by Gasteiger charge is 2.43. The number of benzene rings is 1. The first-order chi connectivity index (χ1) is 12.2. The Morgan fingerprint density at radius 2 is 2.00 bits per heavy atom. The molecule has 0 radical (unpaired) electrons. The first-order valence-electron chi connectivity index (χ1n) is 9.50. The van der Waals surface area contributed by atoms with E-state index in [9.17, 15) is 4.79 Å². The second kappa shape index (κ2) is 8.52. The molecule has 2 fully saturated rings. The zero-order valence-electron chi connectivity index (χ0n) is 14.8. The molecule has 1 aromatic carbocycles. The number of nitrogens with two attached hydrogens (primary N) is 1. The molecular formula is C20H29ClN2O2. The molecule has 3 rings (SSSR count). The average molecular weight is 365 g/mol. The summed E-state index contributed by atoms with van der Waals surface area (Å²) >= 11 is 6.20. The molecule has 1 aromatic rings. The summed E-state index contributed by atoms with van der Waals surface area (Å²) in [6.45, 7) is 1.69. The predicted molar refractivity (Wildman–Crippen MR) is 101 cm³/mol. The van der Waals surface area contributed by atoms with E-state index in [-0.39, 0.29) is 11.9 Å². The molecule has 2 aliphatic rings. The first kappa shape index (κ1) is 18.7. The van der Waals surface area contributed by atoms with E-state index < -0.39 is 5.41 Å². The standard InChI is InChI=1S/C20H29ClN2O2/c21-17-8-4-7-16(13-17)20(9-11-25-12-10-20)19(24)23-18(14-22)15-5-2-1-3-6-15/h4,7-8,13,15,18H,1-3,5-6,9-12,14,22H2,(H,23,24). The van der Waals surface area contributed by atoms with Crippen LogP contribution in [0.5, 0.6) is 0 Å². The quantitative estimate of drug-likeness (QED) is 0.841. The van der Waals surface area contributed by atoms with E-state index in [4.69, 9.17) is 22.1 Å². The third-order valence-electron chi connectivity index (χ3n) is 5.95. The zero-order valence-corrected chi connectivity index (χ0v) is 15.6. The molecule has 138 valence electrons. The molecule has 4 nitrogen and oxygen atoms in total. The van der Waals surface area contributed by atoms with Gasteiger partial charge >= 0.3 is 0 Å². The minimum absolute atomic E-state index is 0.0618. The molecule has 1 atom stereocenters. The Kier molecular flexibility index (Phi) is 6.37. The summed E-state index contributed by atoms with van der Waals surface area (Å²) in [7, 11) is 0. The number of ether oxygens (including phenoxy) is 1. The molecule has 3 N–H and O–H groups in total. The van der Waals surface area contributed by atoms with Crippen molar-refractivity contribution in [2.24, 2.45) is 11.7 Å². The molecule has 0 aromatic heterocycles. The van der Waals surface area contributed by atoms with Crippen LogP contribution in [-0.2, 0) is 14.9 Å². The fourth-order valence-electron chi connectivity index (χ4n) is 4.37. The Labute approximate surface area is 155 Å². The first-order valence-corrected chi connectivity index (χ1v) is 9.88. The number of amides is 1. The molecule has 25 heavy (non-hydrogen) atoms. The highest BCUT2D eigenvalue weighted by molar-refractivity contribution is 6.30. The van der Waals surface area contributed by atoms with E-state index in [2.05, 4.69) is 5.32 Å². The topological polar surface area (TPSA) is 64.3 Å². The second-order valence-electron chi connectivity index (χ2n) is 7.42. The van der Waals surface area contributed by atoms with Crippen LogP contribution in [0, 0.1) is 5.92 Å².